The summed E-state index contributed by atoms with van der Waals surface area (Å²) in [5.74, 6) is 2.13. The minimum Gasteiger partial charge on any atom is -0.492 e. The molecule has 2 fully saturated rings. The maximum Gasteiger partial charge on any atom is 0.335 e. The number of halogens is 1. The molecule has 0 bridgehead atoms. The number of piperidine rings is 1. The van der Waals surface area contributed by atoms with Crippen molar-refractivity contribution >= 4 is 35.1 Å². The highest BCUT2D eigenvalue weighted by atomic mass is 35.5. The summed E-state index contributed by atoms with van der Waals surface area (Å²) in [6, 6.07) is 6.54. The molecule has 1 aliphatic carbocycles. The average molecular weight is 489 g/mol. The van der Waals surface area contributed by atoms with E-state index >= 15 is 0 Å². The van der Waals surface area contributed by atoms with Crippen LogP contribution in [0.25, 0.3) is 0 Å². The summed E-state index contributed by atoms with van der Waals surface area (Å²) in [5, 5.41) is 3.83. The van der Waals surface area contributed by atoms with Crippen molar-refractivity contribution in [3.8, 4) is 5.75 Å². The highest BCUT2D eigenvalue weighted by molar-refractivity contribution is 6.32. The van der Waals surface area contributed by atoms with Crippen LogP contribution in [0.1, 0.15) is 58.3 Å². The number of quaternary nitrogens is 1. The normalized spacial score (nSPS) is 20.5. The van der Waals surface area contributed by atoms with Crippen LogP contribution in [0.2, 0.25) is 5.02 Å². The van der Waals surface area contributed by atoms with Gasteiger partial charge in [0.05, 0.1) is 30.8 Å². The second-order valence-corrected chi connectivity index (χ2v) is 10.3. The smallest absolute Gasteiger partial charge is 0.335 e. The molecule has 186 valence electrons. The van der Waals surface area contributed by atoms with Gasteiger partial charge in [-0.25, -0.2) is 0 Å². The number of nitrogen functional groups attached to an aromatic ring is 1. The van der Waals surface area contributed by atoms with Crippen molar-refractivity contribution in [3.05, 3.63) is 23.2 Å². The molecule has 1 aliphatic heterocycles. The first kappa shape index (κ1) is 24.9. The third-order valence-electron chi connectivity index (χ3n) is 7.59. The van der Waals surface area contributed by atoms with E-state index in [1.165, 1.54) is 38.5 Å². The molecule has 1 aromatic heterocycles. The van der Waals surface area contributed by atoms with Gasteiger partial charge in [0.2, 0.25) is 11.9 Å². The molecule has 2 aliphatic rings. The van der Waals surface area contributed by atoms with Gasteiger partial charge in [0.15, 0.2) is 0 Å². The molecule has 1 saturated carbocycles. The van der Waals surface area contributed by atoms with E-state index in [-0.39, 0.29) is 5.95 Å². The lowest BCUT2D eigenvalue weighted by atomic mass is 9.95. The predicted molar refractivity (Wildman–Crippen MR) is 140 cm³/mol. The van der Waals surface area contributed by atoms with Crippen LogP contribution in [0.5, 0.6) is 5.75 Å². The van der Waals surface area contributed by atoms with E-state index in [1.807, 2.05) is 25.1 Å². The van der Waals surface area contributed by atoms with Gasteiger partial charge in [-0.05, 0) is 57.9 Å². The van der Waals surface area contributed by atoms with E-state index in [0.717, 1.165) is 42.0 Å². The van der Waals surface area contributed by atoms with Crippen molar-refractivity contribution in [1.29, 1.82) is 0 Å². The maximum atomic E-state index is 6.39. The second kappa shape index (κ2) is 11.1. The summed E-state index contributed by atoms with van der Waals surface area (Å²) in [5.41, 5.74) is 7.03. The van der Waals surface area contributed by atoms with Crippen molar-refractivity contribution in [2.75, 3.05) is 44.8 Å². The summed E-state index contributed by atoms with van der Waals surface area (Å²) in [6.07, 6.45) is 9.82. The summed E-state index contributed by atoms with van der Waals surface area (Å²) < 4.78 is 6.29. The molecule has 2 aromatic rings. The van der Waals surface area contributed by atoms with Gasteiger partial charge in [-0.15, -0.1) is 9.97 Å². The van der Waals surface area contributed by atoms with Crippen LogP contribution in [0.3, 0.4) is 0 Å². The zero-order valence-corrected chi connectivity index (χ0v) is 21.5. The third kappa shape index (κ3) is 5.56. The molecule has 1 unspecified atom stereocenters. The highest BCUT2D eigenvalue weighted by Crippen LogP contribution is 2.37. The number of benzene rings is 1. The van der Waals surface area contributed by atoms with Crippen molar-refractivity contribution in [2.24, 2.45) is 0 Å². The largest absolute Gasteiger partial charge is 0.492 e. The lowest BCUT2D eigenvalue weighted by Crippen LogP contribution is -2.63. The quantitative estimate of drug-likeness (QED) is 0.418. The van der Waals surface area contributed by atoms with Crippen molar-refractivity contribution in [3.63, 3.8) is 0 Å². The fourth-order valence-electron chi connectivity index (χ4n) is 5.58. The Morgan fingerprint density at radius 1 is 1.06 bits per heavy atom. The summed E-state index contributed by atoms with van der Waals surface area (Å²) in [6.45, 7) is 4.70. The Morgan fingerprint density at radius 3 is 2.38 bits per heavy atom. The van der Waals surface area contributed by atoms with Crippen LogP contribution < -0.4 is 20.3 Å². The molecular weight excluding hydrogens is 450 g/mol. The SMILES string of the molecule is CCOc1ccc(Nc2nc(N)nc([N+](C)(C3CCCCCC3)C3CCN(C)CC3)n2)cc1Cl. The Morgan fingerprint density at radius 2 is 1.74 bits per heavy atom. The van der Waals surface area contributed by atoms with Gasteiger partial charge in [0.25, 0.3) is 0 Å². The molecule has 4 rings (SSSR count). The topological polar surface area (TPSA) is 89.2 Å². The van der Waals surface area contributed by atoms with E-state index in [9.17, 15) is 0 Å². The molecule has 34 heavy (non-hydrogen) atoms. The molecule has 1 atom stereocenters. The van der Waals surface area contributed by atoms with Gasteiger partial charge in [-0.1, -0.05) is 24.4 Å². The van der Waals surface area contributed by atoms with E-state index in [4.69, 9.17) is 32.0 Å². The number of hydrogen-bond acceptors (Lipinski definition) is 7. The van der Waals surface area contributed by atoms with Crippen molar-refractivity contribution < 1.29 is 4.74 Å². The first-order valence-corrected chi connectivity index (χ1v) is 13.0. The van der Waals surface area contributed by atoms with Crippen LogP contribution >= 0.6 is 11.6 Å². The Kier molecular flexibility index (Phi) is 8.11. The monoisotopic (exact) mass is 488 g/mol. The van der Waals surface area contributed by atoms with E-state index in [1.54, 1.807) is 0 Å². The van der Waals surface area contributed by atoms with Crippen LogP contribution in [0, 0.1) is 0 Å². The summed E-state index contributed by atoms with van der Waals surface area (Å²) >= 11 is 6.39. The maximum absolute atomic E-state index is 6.39. The highest BCUT2D eigenvalue weighted by Gasteiger charge is 2.45. The van der Waals surface area contributed by atoms with Gasteiger partial charge in [0.1, 0.15) is 5.75 Å². The number of nitrogens with one attached hydrogen (secondary N) is 1. The van der Waals surface area contributed by atoms with Crippen LogP contribution in [0.15, 0.2) is 18.2 Å². The van der Waals surface area contributed by atoms with Crippen LogP contribution in [-0.2, 0) is 0 Å². The zero-order chi connectivity index (χ0) is 24.1. The Labute approximate surface area is 208 Å². The van der Waals surface area contributed by atoms with Crippen molar-refractivity contribution in [1.82, 2.24) is 24.3 Å². The van der Waals surface area contributed by atoms with Gasteiger partial charge < -0.3 is 20.7 Å². The molecule has 1 aromatic carbocycles. The second-order valence-electron chi connectivity index (χ2n) is 9.85. The number of aromatic nitrogens is 3. The minimum absolute atomic E-state index is 0.246. The number of ether oxygens (including phenoxy) is 1. The van der Waals surface area contributed by atoms with E-state index in [2.05, 4.69) is 29.3 Å². The Bertz CT molecular complexity index is 958. The molecule has 0 amide bonds. The molecule has 9 heteroatoms. The lowest BCUT2D eigenvalue weighted by molar-refractivity contribution is 0.0961. The van der Waals surface area contributed by atoms with Gasteiger partial charge in [-0.2, -0.15) is 4.98 Å². The third-order valence-corrected chi connectivity index (χ3v) is 7.88. The van der Waals surface area contributed by atoms with Gasteiger partial charge in [-0.3, -0.25) is 4.48 Å². The standard InChI is InChI=1S/C25H39ClN7O/c1-4-34-22-12-11-18(17-21(22)26)28-24-29-23(27)30-25(31-24)33(3,19-9-7-5-6-8-10-19)20-13-15-32(2)16-14-20/h11-12,17,19-20H,4-10,13-16H2,1-3H3,(H3,27,28,29,30,31)/q+1. The first-order chi connectivity index (χ1) is 16.4. The fraction of sp³-hybridized carbons (Fsp3) is 0.640. The number of hydrogen-bond donors (Lipinski definition) is 2. The van der Waals surface area contributed by atoms with Gasteiger partial charge in [0, 0.05) is 31.6 Å². The Balaban J connectivity index is 1.67. The van der Waals surface area contributed by atoms with E-state index in [0.29, 0.717) is 35.4 Å². The zero-order valence-electron chi connectivity index (χ0n) is 20.8. The molecule has 2 heterocycles. The van der Waals surface area contributed by atoms with Crippen LogP contribution in [0.4, 0.5) is 23.5 Å². The number of nitrogens with two attached hydrogens (primary N) is 1. The number of likely N-dealkylation sites (tertiary alicyclic amines) is 1. The van der Waals surface area contributed by atoms with Crippen molar-refractivity contribution in [2.45, 2.75) is 70.4 Å². The van der Waals surface area contributed by atoms with Gasteiger partial charge >= 0.3 is 5.95 Å². The lowest BCUT2D eigenvalue weighted by Gasteiger charge is -2.47. The van der Waals surface area contributed by atoms with E-state index < -0.39 is 0 Å². The fourth-order valence-corrected chi connectivity index (χ4v) is 5.82. The predicted octanol–water partition coefficient (Wildman–Crippen LogP) is 5.00. The summed E-state index contributed by atoms with van der Waals surface area (Å²) in [4.78, 5) is 16.5. The number of rotatable bonds is 7. The number of nitrogens with zero attached hydrogens (tertiary/aromatic N) is 5. The summed E-state index contributed by atoms with van der Waals surface area (Å²) in [7, 11) is 4.54. The molecule has 8 nitrogen and oxygen atoms in total. The molecule has 0 spiro atoms. The first-order valence-electron chi connectivity index (χ1n) is 12.7. The Hall–Kier alpha value is -2.16. The number of anilines is 3. The molecule has 0 radical (unpaired) electrons. The van der Waals surface area contributed by atoms with Crippen LogP contribution in [-0.4, -0.2) is 65.7 Å². The molecular formula is C25H39ClN7O+. The average Bonchev–Trinajstić information content (AvgIpc) is 3.11. The molecule has 3 N–H and O–H groups in total. The minimum atomic E-state index is 0.246. The molecule has 1 saturated heterocycles.